The second-order valence-corrected chi connectivity index (χ2v) is 4.93. The van der Waals surface area contributed by atoms with Gasteiger partial charge in [-0.05, 0) is 31.3 Å². The number of nitrogen functional groups attached to an aromatic ring is 1. The van der Waals surface area contributed by atoms with E-state index in [0.717, 1.165) is 25.9 Å². The van der Waals surface area contributed by atoms with E-state index in [0.29, 0.717) is 17.2 Å². The lowest BCUT2D eigenvalue weighted by molar-refractivity contribution is 0.0528. The van der Waals surface area contributed by atoms with Gasteiger partial charge in [0.1, 0.15) is 10.6 Å². The van der Waals surface area contributed by atoms with Gasteiger partial charge in [0, 0.05) is 13.1 Å². The van der Waals surface area contributed by atoms with E-state index in [4.69, 9.17) is 10.5 Å². The highest BCUT2D eigenvalue weighted by atomic mass is 32.1. The molecule has 1 aliphatic rings. The second kappa shape index (κ2) is 6.01. The Balaban J connectivity index is 2.09. The smallest absolute Gasteiger partial charge is 0.345 e. The largest absolute Gasteiger partial charge is 0.462 e. The number of ether oxygens (including phenoxy) is 1. The van der Waals surface area contributed by atoms with Gasteiger partial charge >= 0.3 is 5.97 Å². The van der Waals surface area contributed by atoms with Crippen molar-refractivity contribution in [3.8, 4) is 0 Å². The van der Waals surface area contributed by atoms with E-state index >= 15 is 0 Å². The average Bonchev–Trinajstić information content (AvgIpc) is 2.72. The molecule has 1 aromatic heterocycles. The van der Waals surface area contributed by atoms with E-state index in [9.17, 15) is 4.79 Å². The summed E-state index contributed by atoms with van der Waals surface area (Å²) in [5.41, 5.74) is 9.29. The number of carbonyl (C=O) groups is 1. The zero-order chi connectivity index (χ0) is 13.0. The van der Waals surface area contributed by atoms with E-state index in [1.807, 2.05) is 0 Å². The average molecular weight is 270 g/mol. The van der Waals surface area contributed by atoms with Crippen LogP contribution in [0.5, 0.6) is 0 Å². The first-order chi connectivity index (χ1) is 8.72. The minimum atomic E-state index is -0.414. The highest BCUT2D eigenvalue weighted by Crippen LogP contribution is 2.28. The number of hydrazine groups is 1. The topological polar surface area (TPSA) is 80.5 Å². The van der Waals surface area contributed by atoms with Crippen LogP contribution in [0.25, 0.3) is 0 Å². The van der Waals surface area contributed by atoms with E-state index in [1.54, 1.807) is 6.92 Å². The van der Waals surface area contributed by atoms with Crippen LogP contribution >= 0.6 is 11.5 Å². The lowest BCUT2D eigenvalue weighted by Gasteiger charge is -2.27. The molecular formula is C11H18N4O2S. The minimum absolute atomic E-state index is 0.234. The zero-order valence-electron chi connectivity index (χ0n) is 10.4. The van der Waals surface area contributed by atoms with Crippen LogP contribution in [0.2, 0.25) is 0 Å². The van der Waals surface area contributed by atoms with Crippen LogP contribution in [0.1, 0.15) is 36.5 Å². The molecule has 0 spiro atoms. The third-order valence-corrected chi connectivity index (χ3v) is 3.58. The van der Waals surface area contributed by atoms with Crippen molar-refractivity contribution in [2.75, 3.05) is 30.9 Å². The quantitative estimate of drug-likeness (QED) is 0.811. The van der Waals surface area contributed by atoms with Crippen LogP contribution in [0, 0.1) is 0 Å². The number of hydrogen-bond acceptors (Lipinski definition) is 7. The molecule has 0 bridgehead atoms. The summed E-state index contributed by atoms with van der Waals surface area (Å²) in [5.74, 6) is -0.179. The van der Waals surface area contributed by atoms with Crippen molar-refractivity contribution in [2.24, 2.45) is 0 Å². The number of piperidine rings is 1. The molecule has 3 N–H and O–H groups in total. The van der Waals surface area contributed by atoms with Crippen molar-refractivity contribution in [2.45, 2.75) is 26.2 Å². The standard InChI is InChI=1S/C11H18N4O2S/c1-2-17-11(16)8-9(12)14-18-10(8)13-15-6-4-3-5-7-15/h13H,2-7H2,1H3,(H2,12,14). The Labute approximate surface area is 110 Å². The van der Waals surface area contributed by atoms with Gasteiger partial charge in [0.15, 0.2) is 5.82 Å². The zero-order valence-corrected chi connectivity index (χ0v) is 11.3. The molecule has 2 rings (SSSR count). The van der Waals surface area contributed by atoms with E-state index in [-0.39, 0.29) is 5.82 Å². The molecule has 1 saturated heterocycles. The molecule has 0 radical (unpaired) electrons. The molecule has 1 aromatic rings. The molecule has 0 aromatic carbocycles. The summed E-state index contributed by atoms with van der Waals surface area (Å²) in [6.07, 6.45) is 3.58. The van der Waals surface area contributed by atoms with Gasteiger partial charge in [-0.3, -0.25) is 0 Å². The Morgan fingerprint density at radius 2 is 2.22 bits per heavy atom. The Bertz CT molecular complexity index is 415. The molecule has 18 heavy (non-hydrogen) atoms. The number of hydrogen-bond donors (Lipinski definition) is 2. The summed E-state index contributed by atoms with van der Waals surface area (Å²) in [6, 6.07) is 0. The first-order valence-electron chi connectivity index (χ1n) is 6.16. The molecule has 0 saturated carbocycles. The Hall–Kier alpha value is -1.34. The highest BCUT2D eigenvalue weighted by molar-refractivity contribution is 7.11. The Morgan fingerprint density at radius 1 is 1.50 bits per heavy atom. The second-order valence-electron chi connectivity index (χ2n) is 4.15. The Morgan fingerprint density at radius 3 is 2.89 bits per heavy atom. The van der Waals surface area contributed by atoms with Crippen LogP contribution < -0.4 is 11.2 Å². The van der Waals surface area contributed by atoms with Crippen molar-refractivity contribution in [3.63, 3.8) is 0 Å². The van der Waals surface area contributed by atoms with Crippen LogP contribution in [-0.4, -0.2) is 35.0 Å². The van der Waals surface area contributed by atoms with E-state index in [1.165, 1.54) is 18.0 Å². The molecule has 6 nitrogen and oxygen atoms in total. The van der Waals surface area contributed by atoms with Crippen molar-refractivity contribution in [1.82, 2.24) is 9.38 Å². The molecule has 0 amide bonds. The van der Waals surface area contributed by atoms with E-state index < -0.39 is 5.97 Å². The molecule has 0 atom stereocenters. The minimum Gasteiger partial charge on any atom is -0.462 e. The summed E-state index contributed by atoms with van der Waals surface area (Å²) in [4.78, 5) is 11.8. The molecule has 1 aliphatic heterocycles. The number of aromatic nitrogens is 1. The summed E-state index contributed by atoms with van der Waals surface area (Å²) in [5, 5.41) is 2.77. The maximum atomic E-state index is 11.8. The summed E-state index contributed by atoms with van der Waals surface area (Å²) >= 11 is 1.20. The van der Waals surface area contributed by atoms with Crippen LogP contribution in [0.15, 0.2) is 0 Å². The number of esters is 1. The van der Waals surface area contributed by atoms with Gasteiger partial charge in [0.2, 0.25) is 0 Å². The van der Waals surface area contributed by atoms with Crippen LogP contribution in [-0.2, 0) is 4.74 Å². The fourth-order valence-electron chi connectivity index (χ4n) is 1.93. The van der Waals surface area contributed by atoms with Gasteiger partial charge in [0.05, 0.1) is 6.61 Å². The normalized spacial score (nSPS) is 16.5. The van der Waals surface area contributed by atoms with Crippen molar-refractivity contribution < 1.29 is 9.53 Å². The summed E-state index contributed by atoms with van der Waals surface area (Å²) in [7, 11) is 0. The van der Waals surface area contributed by atoms with Gasteiger partial charge in [0.25, 0.3) is 0 Å². The molecule has 7 heteroatoms. The number of rotatable bonds is 4. The lowest BCUT2D eigenvalue weighted by atomic mass is 10.2. The highest BCUT2D eigenvalue weighted by Gasteiger charge is 2.22. The first-order valence-corrected chi connectivity index (χ1v) is 6.93. The first kappa shape index (κ1) is 13.1. The van der Waals surface area contributed by atoms with Crippen molar-refractivity contribution in [1.29, 1.82) is 0 Å². The lowest BCUT2D eigenvalue weighted by Crippen LogP contribution is -2.35. The molecular weight excluding hydrogens is 252 g/mol. The number of carbonyl (C=O) groups excluding carboxylic acids is 1. The van der Waals surface area contributed by atoms with Crippen LogP contribution in [0.3, 0.4) is 0 Å². The maximum absolute atomic E-state index is 11.8. The van der Waals surface area contributed by atoms with Gasteiger partial charge in [-0.2, -0.15) is 4.37 Å². The van der Waals surface area contributed by atoms with E-state index in [2.05, 4.69) is 14.8 Å². The number of anilines is 2. The third-order valence-electron chi connectivity index (χ3n) is 2.81. The SMILES string of the molecule is CCOC(=O)c1c(N)nsc1NN1CCCCC1. The van der Waals surface area contributed by atoms with Gasteiger partial charge in [-0.1, -0.05) is 6.42 Å². The maximum Gasteiger partial charge on any atom is 0.345 e. The van der Waals surface area contributed by atoms with Crippen LogP contribution in [0.4, 0.5) is 10.8 Å². The monoisotopic (exact) mass is 270 g/mol. The molecule has 0 aliphatic carbocycles. The molecule has 100 valence electrons. The Kier molecular flexibility index (Phi) is 4.38. The van der Waals surface area contributed by atoms with Crippen molar-refractivity contribution >= 4 is 28.3 Å². The van der Waals surface area contributed by atoms with Gasteiger partial charge < -0.3 is 15.9 Å². The third kappa shape index (κ3) is 2.91. The molecule has 1 fully saturated rings. The predicted molar refractivity (Wildman–Crippen MR) is 71.5 cm³/mol. The number of nitrogens with zero attached hydrogens (tertiary/aromatic N) is 2. The predicted octanol–water partition coefficient (Wildman–Crippen LogP) is 1.71. The molecule has 0 unspecified atom stereocenters. The summed E-state index contributed by atoms with van der Waals surface area (Å²) in [6.45, 7) is 4.04. The fourth-order valence-corrected chi connectivity index (χ4v) is 2.66. The molecule has 2 heterocycles. The fraction of sp³-hybridized carbons (Fsp3) is 0.636. The number of nitrogens with two attached hydrogens (primary N) is 1. The summed E-state index contributed by atoms with van der Waals surface area (Å²) < 4.78 is 9.00. The van der Waals surface area contributed by atoms with Gasteiger partial charge in [-0.25, -0.2) is 9.80 Å². The van der Waals surface area contributed by atoms with Crippen molar-refractivity contribution in [3.05, 3.63) is 5.56 Å². The van der Waals surface area contributed by atoms with Gasteiger partial charge in [-0.15, -0.1) is 0 Å². The number of nitrogens with one attached hydrogen (secondary N) is 1.